The summed E-state index contributed by atoms with van der Waals surface area (Å²) in [4.78, 5) is 10.2. The van der Waals surface area contributed by atoms with Crippen molar-refractivity contribution in [2.45, 2.75) is 4.90 Å². The number of thiazole rings is 1. The number of nitrogens with zero attached hydrogens (tertiary/aromatic N) is 2. The summed E-state index contributed by atoms with van der Waals surface area (Å²) in [6.07, 6.45) is 3.94. The van der Waals surface area contributed by atoms with Gasteiger partial charge in [-0.3, -0.25) is 0 Å². The second-order valence-corrected chi connectivity index (χ2v) is 5.88. The van der Waals surface area contributed by atoms with Gasteiger partial charge in [0.1, 0.15) is 0 Å². The van der Waals surface area contributed by atoms with Crippen molar-refractivity contribution in [3.63, 3.8) is 0 Å². The van der Waals surface area contributed by atoms with E-state index in [1.54, 1.807) is 23.1 Å². The van der Waals surface area contributed by atoms with Crippen LogP contribution in [0.25, 0.3) is 10.2 Å². The SMILES string of the molecule is CSc1ccc(/C=N/c2nc3ccccc3s2)cc1. The fourth-order valence-corrected chi connectivity index (χ4v) is 2.95. The Labute approximate surface area is 120 Å². The average Bonchev–Trinajstić information content (AvgIpc) is 2.88. The predicted molar refractivity (Wildman–Crippen MR) is 85.1 cm³/mol. The average molecular weight is 284 g/mol. The lowest BCUT2D eigenvalue weighted by atomic mass is 10.2. The van der Waals surface area contributed by atoms with Crippen LogP contribution in [0.2, 0.25) is 0 Å². The third-order valence-electron chi connectivity index (χ3n) is 2.72. The Kier molecular flexibility index (Phi) is 3.62. The highest BCUT2D eigenvalue weighted by Gasteiger charge is 2.00. The van der Waals surface area contributed by atoms with Gasteiger partial charge in [0.2, 0.25) is 5.13 Å². The Morgan fingerprint density at radius 2 is 1.89 bits per heavy atom. The summed E-state index contributed by atoms with van der Waals surface area (Å²) in [5, 5.41) is 0.801. The normalized spacial score (nSPS) is 11.4. The molecular weight excluding hydrogens is 272 g/mol. The largest absolute Gasteiger partial charge is 0.227 e. The Morgan fingerprint density at radius 1 is 1.11 bits per heavy atom. The maximum atomic E-state index is 4.48. The Hall–Kier alpha value is -1.65. The lowest BCUT2D eigenvalue weighted by molar-refractivity contribution is 1.40. The second-order valence-electron chi connectivity index (χ2n) is 4.00. The second kappa shape index (κ2) is 5.55. The molecule has 2 nitrogen and oxygen atoms in total. The molecule has 0 amide bonds. The molecule has 3 aromatic rings. The number of hydrogen-bond donors (Lipinski definition) is 0. The highest BCUT2D eigenvalue weighted by molar-refractivity contribution is 7.98. The van der Waals surface area contributed by atoms with E-state index in [1.807, 2.05) is 24.4 Å². The maximum Gasteiger partial charge on any atom is 0.210 e. The van der Waals surface area contributed by atoms with Gasteiger partial charge in [0.05, 0.1) is 10.2 Å². The first-order valence-corrected chi connectivity index (χ1v) is 7.93. The van der Waals surface area contributed by atoms with Crippen LogP contribution in [0.15, 0.2) is 58.4 Å². The van der Waals surface area contributed by atoms with E-state index in [4.69, 9.17) is 0 Å². The lowest BCUT2D eigenvalue weighted by Gasteiger charge is -1.95. The third kappa shape index (κ3) is 2.85. The zero-order valence-electron chi connectivity index (χ0n) is 10.4. The minimum Gasteiger partial charge on any atom is -0.227 e. The molecule has 0 aliphatic heterocycles. The molecule has 0 aliphatic rings. The number of thioether (sulfide) groups is 1. The van der Waals surface area contributed by atoms with Crippen molar-refractivity contribution in [3.05, 3.63) is 54.1 Å². The molecule has 3 rings (SSSR count). The van der Waals surface area contributed by atoms with Gasteiger partial charge in [-0.1, -0.05) is 35.6 Å². The molecule has 19 heavy (non-hydrogen) atoms. The molecule has 0 bridgehead atoms. The summed E-state index contributed by atoms with van der Waals surface area (Å²) in [5.41, 5.74) is 2.11. The first-order chi connectivity index (χ1) is 9.35. The molecule has 1 aromatic heterocycles. The van der Waals surface area contributed by atoms with Crippen LogP contribution in [-0.2, 0) is 0 Å². The Bertz CT molecular complexity index is 681. The number of aromatic nitrogens is 1. The number of aliphatic imine (C=N–C) groups is 1. The number of para-hydroxylation sites is 1. The van der Waals surface area contributed by atoms with E-state index in [2.05, 4.69) is 46.6 Å². The monoisotopic (exact) mass is 284 g/mol. The Balaban J connectivity index is 1.84. The number of hydrogen-bond acceptors (Lipinski definition) is 4. The van der Waals surface area contributed by atoms with Crippen molar-refractivity contribution >= 4 is 44.7 Å². The van der Waals surface area contributed by atoms with Gasteiger partial charge in [0.25, 0.3) is 0 Å². The molecule has 2 aromatic carbocycles. The summed E-state index contributed by atoms with van der Waals surface area (Å²) in [6.45, 7) is 0. The van der Waals surface area contributed by atoms with E-state index in [0.29, 0.717) is 0 Å². The molecule has 0 radical (unpaired) electrons. The summed E-state index contributed by atoms with van der Waals surface area (Å²) in [5.74, 6) is 0. The van der Waals surface area contributed by atoms with Gasteiger partial charge in [-0.05, 0) is 36.1 Å². The van der Waals surface area contributed by atoms with Crippen LogP contribution in [0.3, 0.4) is 0 Å². The molecule has 0 aliphatic carbocycles. The van der Waals surface area contributed by atoms with Crippen LogP contribution in [0, 0.1) is 0 Å². The number of benzene rings is 2. The minimum atomic E-state index is 0.801. The zero-order chi connectivity index (χ0) is 13.1. The summed E-state index contributed by atoms with van der Waals surface area (Å²) in [6, 6.07) is 16.4. The van der Waals surface area contributed by atoms with Gasteiger partial charge in [0.15, 0.2) is 0 Å². The van der Waals surface area contributed by atoms with E-state index < -0.39 is 0 Å². The van der Waals surface area contributed by atoms with Crippen molar-refractivity contribution in [2.75, 3.05) is 6.26 Å². The van der Waals surface area contributed by atoms with Gasteiger partial charge in [0, 0.05) is 11.1 Å². The van der Waals surface area contributed by atoms with Crippen LogP contribution in [0.1, 0.15) is 5.56 Å². The molecule has 0 fully saturated rings. The fourth-order valence-electron chi connectivity index (χ4n) is 1.73. The van der Waals surface area contributed by atoms with Gasteiger partial charge in [-0.25, -0.2) is 9.98 Å². The fraction of sp³-hybridized carbons (Fsp3) is 0.0667. The van der Waals surface area contributed by atoms with E-state index in [0.717, 1.165) is 16.2 Å². The molecule has 0 saturated heterocycles. The zero-order valence-corrected chi connectivity index (χ0v) is 12.0. The molecule has 1 heterocycles. The van der Waals surface area contributed by atoms with Crippen LogP contribution < -0.4 is 0 Å². The van der Waals surface area contributed by atoms with Crippen LogP contribution in [0.4, 0.5) is 5.13 Å². The minimum absolute atomic E-state index is 0.801. The van der Waals surface area contributed by atoms with E-state index in [1.165, 1.54) is 9.60 Å². The van der Waals surface area contributed by atoms with Crippen molar-refractivity contribution in [3.8, 4) is 0 Å². The van der Waals surface area contributed by atoms with Crippen molar-refractivity contribution < 1.29 is 0 Å². The highest BCUT2D eigenvalue weighted by Crippen LogP contribution is 2.27. The molecule has 0 N–H and O–H groups in total. The third-order valence-corrected chi connectivity index (χ3v) is 4.41. The Morgan fingerprint density at radius 3 is 2.63 bits per heavy atom. The molecule has 0 spiro atoms. The van der Waals surface area contributed by atoms with Gasteiger partial charge >= 0.3 is 0 Å². The van der Waals surface area contributed by atoms with Crippen LogP contribution in [0.5, 0.6) is 0 Å². The quantitative estimate of drug-likeness (QED) is 0.511. The van der Waals surface area contributed by atoms with E-state index in [9.17, 15) is 0 Å². The summed E-state index contributed by atoms with van der Waals surface area (Å²) >= 11 is 3.35. The summed E-state index contributed by atoms with van der Waals surface area (Å²) in [7, 11) is 0. The van der Waals surface area contributed by atoms with E-state index >= 15 is 0 Å². The maximum absolute atomic E-state index is 4.48. The molecule has 0 saturated carbocycles. The molecule has 0 atom stereocenters. The van der Waals surface area contributed by atoms with Crippen molar-refractivity contribution in [1.82, 2.24) is 4.98 Å². The smallest absolute Gasteiger partial charge is 0.210 e. The van der Waals surface area contributed by atoms with E-state index in [-0.39, 0.29) is 0 Å². The first kappa shape index (κ1) is 12.4. The molecular formula is C15H12N2S2. The summed E-state index contributed by atoms with van der Waals surface area (Å²) < 4.78 is 1.17. The van der Waals surface area contributed by atoms with Crippen LogP contribution in [-0.4, -0.2) is 17.5 Å². The first-order valence-electron chi connectivity index (χ1n) is 5.89. The lowest BCUT2D eigenvalue weighted by Crippen LogP contribution is -1.79. The van der Waals surface area contributed by atoms with Gasteiger partial charge in [-0.15, -0.1) is 11.8 Å². The molecule has 0 unspecified atom stereocenters. The topological polar surface area (TPSA) is 25.2 Å². The molecule has 4 heteroatoms. The highest BCUT2D eigenvalue weighted by atomic mass is 32.2. The standard InChI is InChI=1S/C15H12N2S2/c1-18-12-8-6-11(7-9-12)10-16-15-17-13-4-2-3-5-14(13)19-15/h2-10H,1H3/b16-10+. The van der Waals surface area contributed by atoms with Gasteiger partial charge in [-0.2, -0.15) is 0 Å². The van der Waals surface area contributed by atoms with Crippen molar-refractivity contribution in [2.24, 2.45) is 4.99 Å². The number of fused-ring (bicyclic) bond motifs is 1. The van der Waals surface area contributed by atoms with Gasteiger partial charge < -0.3 is 0 Å². The predicted octanol–water partition coefficient (Wildman–Crippen LogP) is 4.77. The molecule has 94 valence electrons. The van der Waals surface area contributed by atoms with Crippen molar-refractivity contribution in [1.29, 1.82) is 0 Å². The van der Waals surface area contributed by atoms with Crippen LogP contribution >= 0.6 is 23.1 Å². The number of rotatable bonds is 3.